The third-order valence-electron chi connectivity index (χ3n) is 4.02. The molecule has 0 unspecified atom stereocenters. The maximum Gasteiger partial charge on any atom is 0.123 e. The minimum Gasteiger partial charge on any atom is -0.492 e. The molecule has 2 heterocycles. The standard InChI is InChI=1S/C19H18N2OS/c1-2-6-14(7-3-1)19-21-12-17(23-19)11-20-16-10-15-8-4-5-9-18(15)22-13-16/h1-9,12,16,20H,10-11,13H2/t16-/m0/s1. The van der Waals surface area contributed by atoms with Crippen LogP contribution in [-0.2, 0) is 13.0 Å². The smallest absolute Gasteiger partial charge is 0.123 e. The summed E-state index contributed by atoms with van der Waals surface area (Å²) in [5, 5.41) is 4.67. The van der Waals surface area contributed by atoms with Gasteiger partial charge in [-0.3, -0.25) is 0 Å². The van der Waals surface area contributed by atoms with Gasteiger partial charge in [0.1, 0.15) is 17.4 Å². The number of para-hydroxylation sites is 1. The first-order valence-corrected chi connectivity index (χ1v) is 8.64. The van der Waals surface area contributed by atoms with Crippen molar-refractivity contribution in [1.29, 1.82) is 0 Å². The topological polar surface area (TPSA) is 34.2 Å². The lowest BCUT2D eigenvalue weighted by Gasteiger charge is -2.25. The molecule has 0 radical (unpaired) electrons. The Labute approximate surface area is 140 Å². The molecule has 23 heavy (non-hydrogen) atoms. The number of benzene rings is 2. The Morgan fingerprint density at radius 2 is 1.91 bits per heavy atom. The molecule has 4 rings (SSSR count). The molecule has 1 aromatic heterocycles. The Hall–Kier alpha value is -2.17. The lowest BCUT2D eigenvalue weighted by Crippen LogP contribution is -2.38. The molecular weight excluding hydrogens is 304 g/mol. The summed E-state index contributed by atoms with van der Waals surface area (Å²) in [5.41, 5.74) is 2.46. The molecule has 2 aromatic carbocycles. The molecule has 0 aliphatic carbocycles. The average molecular weight is 322 g/mol. The monoisotopic (exact) mass is 322 g/mol. The molecule has 0 saturated heterocycles. The van der Waals surface area contributed by atoms with Crippen LogP contribution in [0, 0.1) is 0 Å². The predicted octanol–water partition coefficient (Wildman–Crippen LogP) is 3.90. The van der Waals surface area contributed by atoms with E-state index < -0.39 is 0 Å². The summed E-state index contributed by atoms with van der Waals surface area (Å²) < 4.78 is 5.82. The number of nitrogens with one attached hydrogen (secondary N) is 1. The Kier molecular flexibility index (Phi) is 4.09. The second-order valence-electron chi connectivity index (χ2n) is 5.70. The Morgan fingerprint density at radius 1 is 1.09 bits per heavy atom. The van der Waals surface area contributed by atoms with Gasteiger partial charge >= 0.3 is 0 Å². The molecule has 0 bridgehead atoms. The van der Waals surface area contributed by atoms with E-state index in [1.807, 2.05) is 36.5 Å². The van der Waals surface area contributed by atoms with E-state index >= 15 is 0 Å². The lowest BCUT2D eigenvalue weighted by atomic mass is 10.0. The third-order valence-corrected chi connectivity index (χ3v) is 5.06. The van der Waals surface area contributed by atoms with Crippen molar-refractivity contribution in [1.82, 2.24) is 10.3 Å². The third kappa shape index (κ3) is 3.28. The fraction of sp³-hybridized carbons (Fsp3) is 0.211. The summed E-state index contributed by atoms with van der Waals surface area (Å²) in [6.07, 6.45) is 2.98. The van der Waals surface area contributed by atoms with Gasteiger partial charge in [0, 0.05) is 29.2 Å². The number of rotatable bonds is 4. The number of hydrogen-bond acceptors (Lipinski definition) is 4. The van der Waals surface area contributed by atoms with Crippen molar-refractivity contribution >= 4 is 11.3 Å². The van der Waals surface area contributed by atoms with Crippen LogP contribution in [0.5, 0.6) is 5.75 Å². The second-order valence-corrected chi connectivity index (χ2v) is 6.81. The summed E-state index contributed by atoms with van der Waals surface area (Å²) >= 11 is 1.75. The van der Waals surface area contributed by atoms with E-state index in [0.29, 0.717) is 6.04 Å². The highest BCUT2D eigenvalue weighted by Crippen LogP contribution is 2.26. The first kappa shape index (κ1) is 14.4. The molecule has 116 valence electrons. The van der Waals surface area contributed by atoms with Gasteiger partial charge < -0.3 is 10.1 Å². The van der Waals surface area contributed by atoms with E-state index in [-0.39, 0.29) is 0 Å². The zero-order valence-electron chi connectivity index (χ0n) is 12.7. The van der Waals surface area contributed by atoms with Gasteiger partial charge in [-0.1, -0.05) is 48.5 Å². The maximum atomic E-state index is 5.82. The summed E-state index contributed by atoms with van der Waals surface area (Å²) in [4.78, 5) is 5.79. The minimum absolute atomic E-state index is 0.354. The highest BCUT2D eigenvalue weighted by Gasteiger charge is 2.19. The maximum absolute atomic E-state index is 5.82. The molecule has 1 N–H and O–H groups in total. The largest absolute Gasteiger partial charge is 0.492 e. The number of ether oxygens (including phenoxy) is 1. The summed E-state index contributed by atoms with van der Waals surface area (Å²) in [7, 11) is 0. The fourth-order valence-electron chi connectivity index (χ4n) is 2.81. The zero-order chi connectivity index (χ0) is 15.5. The molecule has 1 aliphatic heterocycles. The van der Waals surface area contributed by atoms with Crippen molar-refractivity contribution in [3.05, 3.63) is 71.2 Å². The fourth-order valence-corrected chi connectivity index (χ4v) is 3.68. The first-order valence-electron chi connectivity index (χ1n) is 7.83. The Bertz CT molecular complexity index is 785. The molecule has 3 aromatic rings. The molecule has 0 amide bonds. The average Bonchev–Trinajstić information content (AvgIpc) is 3.10. The highest BCUT2D eigenvalue weighted by molar-refractivity contribution is 7.15. The molecule has 1 atom stereocenters. The van der Waals surface area contributed by atoms with Crippen LogP contribution in [0.4, 0.5) is 0 Å². The van der Waals surface area contributed by atoms with Crippen LogP contribution in [0.1, 0.15) is 10.4 Å². The number of nitrogens with zero attached hydrogens (tertiary/aromatic N) is 1. The van der Waals surface area contributed by atoms with Crippen LogP contribution >= 0.6 is 11.3 Å². The van der Waals surface area contributed by atoms with Gasteiger partial charge in [-0.05, 0) is 18.1 Å². The summed E-state index contributed by atoms with van der Waals surface area (Å²) in [6, 6.07) is 19.0. The van der Waals surface area contributed by atoms with Crippen molar-refractivity contribution in [3.8, 4) is 16.3 Å². The second kappa shape index (κ2) is 6.52. The number of fused-ring (bicyclic) bond motifs is 1. The normalized spacial score (nSPS) is 16.6. The van der Waals surface area contributed by atoms with E-state index in [1.54, 1.807) is 11.3 Å². The number of aromatic nitrogens is 1. The summed E-state index contributed by atoms with van der Waals surface area (Å²) in [5.74, 6) is 1.02. The quantitative estimate of drug-likeness (QED) is 0.791. The molecule has 0 spiro atoms. The SMILES string of the molecule is c1ccc(-c2ncc(CN[C@@H]3COc4ccccc4C3)s2)cc1. The van der Waals surface area contributed by atoms with Gasteiger partial charge in [0.15, 0.2) is 0 Å². The van der Waals surface area contributed by atoms with Gasteiger partial charge in [-0.25, -0.2) is 4.98 Å². The van der Waals surface area contributed by atoms with Gasteiger partial charge in [0.25, 0.3) is 0 Å². The van der Waals surface area contributed by atoms with E-state index in [9.17, 15) is 0 Å². The molecule has 4 heteroatoms. The number of thiazole rings is 1. The van der Waals surface area contributed by atoms with Gasteiger partial charge in [0.2, 0.25) is 0 Å². The Morgan fingerprint density at radius 3 is 2.83 bits per heavy atom. The van der Waals surface area contributed by atoms with Crippen LogP contribution in [-0.4, -0.2) is 17.6 Å². The van der Waals surface area contributed by atoms with Crippen LogP contribution in [0.15, 0.2) is 60.8 Å². The van der Waals surface area contributed by atoms with Crippen molar-refractivity contribution in [2.45, 2.75) is 19.0 Å². The highest BCUT2D eigenvalue weighted by atomic mass is 32.1. The van der Waals surface area contributed by atoms with Crippen LogP contribution in [0.25, 0.3) is 10.6 Å². The lowest BCUT2D eigenvalue weighted by molar-refractivity contribution is 0.238. The van der Waals surface area contributed by atoms with E-state index in [0.717, 1.165) is 30.3 Å². The number of hydrogen-bond donors (Lipinski definition) is 1. The van der Waals surface area contributed by atoms with Crippen LogP contribution in [0.2, 0.25) is 0 Å². The molecule has 0 fully saturated rings. The molecular formula is C19H18N2OS. The summed E-state index contributed by atoms with van der Waals surface area (Å²) in [6.45, 7) is 1.56. The van der Waals surface area contributed by atoms with Crippen molar-refractivity contribution in [3.63, 3.8) is 0 Å². The predicted molar refractivity (Wildman–Crippen MR) is 93.8 cm³/mol. The van der Waals surface area contributed by atoms with Gasteiger partial charge in [-0.15, -0.1) is 11.3 Å². The van der Waals surface area contributed by atoms with Crippen molar-refractivity contribution in [2.24, 2.45) is 0 Å². The van der Waals surface area contributed by atoms with Crippen LogP contribution < -0.4 is 10.1 Å². The van der Waals surface area contributed by atoms with Crippen molar-refractivity contribution in [2.75, 3.05) is 6.61 Å². The molecule has 1 aliphatic rings. The van der Waals surface area contributed by atoms with Crippen molar-refractivity contribution < 1.29 is 4.74 Å². The molecule has 0 saturated carbocycles. The van der Waals surface area contributed by atoms with E-state index in [4.69, 9.17) is 4.74 Å². The van der Waals surface area contributed by atoms with Gasteiger partial charge in [-0.2, -0.15) is 0 Å². The first-order chi connectivity index (χ1) is 11.4. The minimum atomic E-state index is 0.354. The molecule has 3 nitrogen and oxygen atoms in total. The van der Waals surface area contributed by atoms with E-state index in [1.165, 1.54) is 16.0 Å². The van der Waals surface area contributed by atoms with Gasteiger partial charge in [0.05, 0.1) is 0 Å². The zero-order valence-corrected chi connectivity index (χ0v) is 13.6. The Balaban J connectivity index is 1.38. The van der Waals surface area contributed by atoms with Crippen LogP contribution in [0.3, 0.4) is 0 Å². The van der Waals surface area contributed by atoms with E-state index in [2.05, 4.69) is 34.6 Å².